The third-order valence-corrected chi connectivity index (χ3v) is 7.09. The van der Waals surface area contributed by atoms with Crippen LogP contribution in [0.4, 0.5) is 5.69 Å². The number of halogens is 1. The van der Waals surface area contributed by atoms with Gasteiger partial charge in [0, 0.05) is 31.1 Å². The molecule has 0 aromatic heterocycles. The highest BCUT2D eigenvalue weighted by atomic mass is 35.5. The minimum atomic E-state index is -3.52. The molecule has 0 heterocycles. The van der Waals surface area contributed by atoms with Crippen molar-refractivity contribution in [3.8, 4) is 0 Å². The molecule has 0 aliphatic rings. The molecule has 0 fully saturated rings. The molecule has 0 aliphatic heterocycles. The number of carbonyl (C=O) groups excluding carboxylic acids is 2. The first-order valence-corrected chi connectivity index (χ1v) is 14.0. The first-order chi connectivity index (χ1) is 16.4. The molecule has 35 heavy (non-hydrogen) atoms. The van der Waals surface area contributed by atoms with Gasteiger partial charge in [-0.2, -0.15) is 0 Å². The van der Waals surface area contributed by atoms with Crippen molar-refractivity contribution in [1.29, 1.82) is 0 Å². The quantitative estimate of drug-likeness (QED) is 0.449. The summed E-state index contributed by atoms with van der Waals surface area (Å²) in [5.41, 5.74) is 2.29. The zero-order chi connectivity index (χ0) is 26.2. The number of rotatable bonds is 12. The van der Waals surface area contributed by atoms with Gasteiger partial charge < -0.3 is 10.2 Å². The molecular weight excluding hydrogens is 486 g/mol. The SMILES string of the molecule is Cc1ccccc1N(CCCC(=O)N(Cc1ccc(Cl)cc1)[C@H](C)C(=O)NCC(C)C)S(C)(=O)=O. The Morgan fingerprint density at radius 2 is 1.66 bits per heavy atom. The normalized spacial score (nSPS) is 12.3. The van der Waals surface area contributed by atoms with E-state index >= 15 is 0 Å². The topological polar surface area (TPSA) is 86.8 Å². The van der Waals surface area contributed by atoms with E-state index in [1.165, 1.54) is 9.21 Å². The summed E-state index contributed by atoms with van der Waals surface area (Å²) >= 11 is 5.99. The van der Waals surface area contributed by atoms with Crippen LogP contribution in [0.15, 0.2) is 48.5 Å². The Balaban J connectivity index is 2.16. The van der Waals surface area contributed by atoms with Gasteiger partial charge in [-0.05, 0) is 55.5 Å². The fraction of sp³-hybridized carbons (Fsp3) is 0.462. The maximum absolute atomic E-state index is 13.3. The van der Waals surface area contributed by atoms with Crippen molar-refractivity contribution in [1.82, 2.24) is 10.2 Å². The largest absolute Gasteiger partial charge is 0.354 e. The van der Waals surface area contributed by atoms with E-state index in [2.05, 4.69) is 5.32 Å². The van der Waals surface area contributed by atoms with E-state index < -0.39 is 16.1 Å². The second-order valence-electron chi connectivity index (χ2n) is 9.19. The molecular formula is C26H36ClN3O4S. The van der Waals surface area contributed by atoms with Crippen LogP contribution in [0.3, 0.4) is 0 Å². The number of nitrogens with zero attached hydrogens (tertiary/aromatic N) is 2. The summed E-state index contributed by atoms with van der Waals surface area (Å²) in [6, 6.07) is 13.7. The lowest BCUT2D eigenvalue weighted by Crippen LogP contribution is -2.48. The molecule has 0 radical (unpaired) electrons. The van der Waals surface area contributed by atoms with Crippen LogP contribution in [0.25, 0.3) is 0 Å². The van der Waals surface area contributed by atoms with E-state index in [1.807, 2.05) is 45.0 Å². The Morgan fingerprint density at radius 1 is 1.03 bits per heavy atom. The van der Waals surface area contributed by atoms with Crippen LogP contribution in [0, 0.1) is 12.8 Å². The number of anilines is 1. The van der Waals surface area contributed by atoms with E-state index in [9.17, 15) is 18.0 Å². The maximum Gasteiger partial charge on any atom is 0.242 e. The Bertz CT molecular complexity index is 1100. The minimum Gasteiger partial charge on any atom is -0.354 e. The summed E-state index contributed by atoms with van der Waals surface area (Å²) in [5.74, 6) is -0.154. The van der Waals surface area contributed by atoms with Crippen molar-refractivity contribution >= 4 is 39.1 Å². The number of amides is 2. The van der Waals surface area contributed by atoms with Crippen LogP contribution in [0.2, 0.25) is 5.02 Å². The summed E-state index contributed by atoms with van der Waals surface area (Å²) in [6.45, 7) is 8.50. The van der Waals surface area contributed by atoms with Crippen molar-refractivity contribution < 1.29 is 18.0 Å². The molecule has 9 heteroatoms. The molecule has 7 nitrogen and oxygen atoms in total. The number of hydrogen-bond donors (Lipinski definition) is 1. The average molecular weight is 522 g/mol. The Kier molecular flexibility index (Phi) is 10.6. The molecule has 2 amide bonds. The lowest BCUT2D eigenvalue weighted by molar-refractivity contribution is -0.140. The highest BCUT2D eigenvalue weighted by molar-refractivity contribution is 7.92. The number of benzene rings is 2. The van der Waals surface area contributed by atoms with Gasteiger partial charge in [0.05, 0.1) is 11.9 Å². The Labute approximate surface area is 214 Å². The summed E-state index contributed by atoms with van der Waals surface area (Å²) < 4.78 is 26.2. The van der Waals surface area contributed by atoms with Crippen molar-refractivity contribution in [3.05, 3.63) is 64.7 Å². The van der Waals surface area contributed by atoms with Crippen molar-refractivity contribution in [2.24, 2.45) is 5.92 Å². The van der Waals surface area contributed by atoms with E-state index in [0.717, 1.165) is 17.4 Å². The van der Waals surface area contributed by atoms with Crippen LogP contribution in [-0.4, -0.2) is 50.5 Å². The van der Waals surface area contributed by atoms with Crippen molar-refractivity contribution in [3.63, 3.8) is 0 Å². The Morgan fingerprint density at radius 3 is 2.23 bits per heavy atom. The molecule has 0 saturated heterocycles. The third-order valence-electron chi connectivity index (χ3n) is 5.65. The van der Waals surface area contributed by atoms with Crippen LogP contribution < -0.4 is 9.62 Å². The molecule has 0 unspecified atom stereocenters. The fourth-order valence-electron chi connectivity index (χ4n) is 3.65. The minimum absolute atomic E-state index is 0.104. The first-order valence-electron chi connectivity index (χ1n) is 11.7. The van der Waals surface area contributed by atoms with Gasteiger partial charge in [0.2, 0.25) is 21.8 Å². The highest BCUT2D eigenvalue weighted by Gasteiger charge is 2.27. The molecule has 0 aliphatic carbocycles. The molecule has 1 atom stereocenters. The van der Waals surface area contributed by atoms with E-state index in [0.29, 0.717) is 23.7 Å². The van der Waals surface area contributed by atoms with E-state index in [4.69, 9.17) is 11.6 Å². The van der Waals surface area contributed by atoms with Gasteiger partial charge in [-0.3, -0.25) is 13.9 Å². The van der Waals surface area contributed by atoms with Gasteiger partial charge in [0.25, 0.3) is 0 Å². The molecule has 0 spiro atoms. The number of para-hydroxylation sites is 1. The van der Waals surface area contributed by atoms with Crippen molar-refractivity contribution in [2.75, 3.05) is 23.7 Å². The number of sulfonamides is 1. The first kappa shape index (κ1) is 28.7. The maximum atomic E-state index is 13.3. The lowest BCUT2D eigenvalue weighted by atomic mass is 10.1. The smallest absolute Gasteiger partial charge is 0.242 e. The van der Waals surface area contributed by atoms with Gasteiger partial charge in [-0.1, -0.05) is 55.8 Å². The second kappa shape index (κ2) is 12.9. The molecule has 2 rings (SSSR count). The zero-order valence-electron chi connectivity index (χ0n) is 21.1. The number of aryl methyl sites for hydroxylation is 1. The standard InChI is InChI=1S/C26H36ClN3O4S/c1-19(2)17-28-26(32)21(4)29(18-22-12-14-23(27)15-13-22)25(31)11-8-16-30(35(5,33)34)24-10-7-6-9-20(24)3/h6-7,9-10,12-15,19,21H,8,11,16-18H2,1-5H3,(H,28,32)/t21-/m1/s1. The average Bonchev–Trinajstić information content (AvgIpc) is 2.79. The summed E-state index contributed by atoms with van der Waals surface area (Å²) in [4.78, 5) is 27.6. The molecule has 0 saturated carbocycles. The molecule has 2 aromatic carbocycles. The third kappa shape index (κ3) is 8.85. The van der Waals surface area contributed by atoms with E-state index in [-0.39, 0.29) is 37.2 Å². The van der Waals surface area contributed by atoms with E-state index in [1.54, 1.807) is 31.2 Å². The number of carbonyl (C=O) groups is 2. The van der Waals surface area contributed by atoms with Gasteiger partial charge in [0.15, 0.2) is 0 Å². The van der Waals surface area contributed by atoms with Crippen LogP contribution in [0.1, 0.15) is 44.7 Å². The van der Waals surface area contributed by atoms with Gasteiger partial charge in [-0.25, -0.2) is 8.42 Å². The van der Waals surface area contributed by atoms with Gasteiger partial charge in [0.1, 0.15) is 6.04 Å². The van der Waals surface area contributed by atoms with Crippen LogP contribution in [0.5, 0.6) is 0 Å². The highest BCUT2D eigenvalue weighted by Crippen LogP contribution is 2.23. The summed E-state index contributed by atoms with van der Waals surface area (Å²) in [6.07, 6.45) is 1.58. The monoisotopic (exact) mass is 521 g/mol. The Hall–Kier alpha value is -2.58. The van der Waals surface area contributed by atoms with Gasteiger partial charge in [-0.15, -0.1) is 0 Å². The molecule has 1 N–H and O–H groups in total. The van der Waals surface area contributed by atoms with Crippen LogP contribution in [-0.2, 0) is 26.2 Å². The van der Waals surface area contributed by atoms with Crippen molar-refractivity contribution in [2.45, 2.75) is 53.1 Å². The predicted octanol–water partition coefficient (Wildman–Crippen LogP) is 4.38. The zero-order valence-corrected chi connectivity index (χ0v) is 22.7. The van der Waals surface area contributed by atoms with Gasteiger partial charge >= 0.3 is 0 Å². The fourth-order valence-corrected chi connectivity index (χ4v) is 4.80. The molecule has 2 aromatic rings. The van der Waals surface area contributed by atoms with Crippen LogP contribution >= 0.6 is 11.6 Å². The molecule has 0 bridgehead atoms. The second-order valence-corrected chi connectivity index (χ2v) is 11.5. The summed E-state index contributed by atoms with van der Waals surface area (Å²) in [7, 11) is -3.52. The number of nitrogens with one attached hydrogen (secondary N) is 1. The lowest BCUT2D eigenvalue weighted by Gasteiger charge is -2.30. The molecule has 192 valence electrons. The summed E-state index contributed by atoms with van der Waals surface area (Å²) in [5, 5.41) is 3.48. The predicted molar refractivity (Wildman–Crippen MR) is 142 cm³/mol. The number of hydrogen-bond acceptors (Lipinski definition) is 4.